The number of benzene rings is 1. The van der Waals surface area contributed by atoms with Crippen molar-refractivity contribution in [3.05, 3.63) is 56.1 Å². The maximum atomic E-state index is 12.6. The number of hydrazone groups is 1. The molecule has 3 N–H and O–H groups in total. The highest BCUT2D eigenvalue weighted by atomic mass is 32.1. The van der Waals surface area contributed by atoms with Crippen LogP contribution in [0.5, 0.6) is 5.88 Å². The molecule has 0 radical (unpaired) electrons. The number of carbonyl (C=O) groups excluding carboxylic acids is 1. The zero-order chi connectivity index (χ0) is 17.4. The van der Waals surface area contributed by atoms with Gasteiger partial charge in [-0.1, -0.05) is 17.7 Å². The number of anilines is 1. The minimum Gasteiger partial charge on any atom is -0.494 e. The average molecular weight is 342 g/mol. The van der Waals surface area contributed by atoms with Crippen LogP contribution < -0.4 is 10.6 Å². The molecular weight excluding hydrogens is 328 g/mol. The standard InChI is InChI=1S/C16H14N4O3S/c1-8-3-5-10(6-4-8)20-15(23)11(9(2)19-20)7-12-13(21)17-16(24)18-14(12)22/h3-7H,1-2H3,(H3,17,18,21,22,24)/b11-7-. The van der Waals surface area contributed by atoms with E-state index in [0.717, 1.165) is 5.56 Å². The average Bonchev–Trinajstić information content (AvgIpc) is 2.79. The molecule has 1 amide bonds. The van der Waals surface area contributed by atoms with Gasteiger partial charge in [-0.15, -0.1) is 0 Å². The predicted octanol–water partition coefficient (Wildman–Crippen LogP) is 2.25. The Balaban J connectivity index is 2.04. The smallest absolute Gasteiger partial charge is 0.280 e. The van der Waals surface area contributed by atoms with Crippen molar-refractivity contribution in [2.24, 2.45) is 5.10 Å². The first kappa shape index (κ1) is 15.9. The molecule has 8 heteroatoms. The fourth-order valence-corrected chi connectivity index (χ4v) is 2.50. The van der Waals surface area contributed by atoms with Gasteiger partial charge in [0.1, 0.15) is 5.56 Å². The molecule has 1 aliphatic rings. The fraction of sp³-hybridized carbons (Fsp3) is 0.125. The third-order valence-corrected chi connectivity index (χ3v) is 3.79. The number of aromatic hydroxyl groups is 1. The van der Waals surface area contributed by atoms with Crippen molar-refractivity contribution in [3.63, 3.8) is 0 Å². The number of H-pyrrole nitrogens is 2. The van der Waals surface area contributed by atoms with Crippen molar-refractivity contribution in [1.82, 2.24) is 9.97 Å². The topological polar surface area (TPSA) is 102 Å². The van der Waals surface area contributed by atoms with Crippen LogP contribution in [0.4, 0.5) is 5.69 Å². The Labute approximate surface area is 142 Å². The Morgan fingerprint density at radius 2 is 1.83 bits per heavy atom. The highest BCUT2D eigenvalue weighted by Crippen LogP contribution is 2.25. The van der Waals surface area contributed by atoms with Crippen LogP contribution in [0.15, 0.2) is 39.7 Å². The molecule has 0 saturated carbocycles. The Morgan fingerprint density at radius 1 is 1.17 bits per heavy atom. The molecule has 3 rings (SSSR count). The number of nitrogens with one attached hydrogen (secondary N) is 2. The molecule has 1 aromatic carbocycles. The number of nitrogens with zero attached hydrogens (tertiary/aromatic N) is 2. The molecule has 1 aromatic heterocycles. The number of carbonyl (C=O) groups is 1. The van der Waals surface area contributed by atoms with Crippen LogP contribution in [0, 0.1) is 11.7 Å². The molecule has 0 bridgehead atoms. The second-order valence-corrected chi connectivity index (χ2v) is 5.77. The maximum absolute atomic E-state index is 12.6. The van der Waals surface area contributed by atoms with E-state index in [-0.39, 0.29) is 21.8 Å². The highest BCUT2D eigenvalue weighted by molar-refractivity contribution is 7.71. The number of hydrogen-bond donors (Lipinski definition) is 3. The van der Waals surface area contributed by atoms with Gasteiger partial charge in [0.2, 0.25) is 5.88 Å². The van der Waals surface area contributed by atoms with Crippen LogP contribution in [-0.2, 0) is 4.79 Å². The first-order chi connectivity index (χ1) is 11.4. The first-order valence-electron chi connectivity index (χ1n) is 7.11. The summed E-state index contributed by atoms with van der Waals surface area (Å²) in [5.41, 5.74) is 1.70. The summed E-state index contributed by atoms with van der Waals surface area (Å²) in [5.74, 6) is -0.775. The monoisotopic (exact) mass is 342 g/mol. The lowest BCUT2D eigenvalue weighted by molar-refractivity contribution is -0.114. The summed E-state index contributed by atoms with van der Waals surface area (Å²) in [5, 5.41) is 15.4. The summed E-state index contributed by atoms with van der Waals surface area (Å²) < 4.78 is 0.00377. The minimum absolute atomic E-state index is 0.00377. The second kappa shape index (κ2) is 5.89. The van der Waals surface area contributed by atoms with E-state index in [1.165, 1.54) is 11.1 Å². The summed E-state index contributed by atoms with van der Waals surface area (Å²) >= 11 is 4.78. The van der Waals surface area contributed by atoms with Gasteiger partial charge in [0.15, 0.2) is 4.77 Å². The van der Waals surface area contributed by atoms with Gasteiger partial charge in [-0.2, -0.15) is 10.1 Å². The van der Waals surface area contributed by atoms with E-state index in [9.17, 15) is 14.7 Å². The fourth-order valence-electron chi connectivity index (χ4n) is 2.31. The predicted molar refractivity (Wildman–Crippen MR) is 93.7 cm³/mol. The first-order valence-corrected chi connectivity index (χ1v) is 7.51. The summed E-state index contributed by atoms with van der Waals surface area (Å²) in [6.45, 7) is 3.61. The Morgan fingerprint density at radius 3 is 2.46 bits per heavy atom. The van der Waals surface area contributed by atoms with Gasteiger partial charge in [-0.05, 0) is 44.3 Å². The van der Waals surface area contributed by atoms with E-state index >= 15 is 0 Å². The lowest BCUT2D eigenvalue weighted by atomic mass is 10.1. The zero-order valence-corrected chi connectivity index (χ0v) is 13.8. The van der Waals surface area contributed by atoms with Crippen LogP contribution in [0.2, 0.25) is 0 Å². The van der Waals surface area contributed by atoms with E-state index in [2.05, 4.69) is 15.1 Å². The van der Waals surface area contributed by atoms with Crippen LogP contribution in [0.25, 0.3) is 6.08 Å². The number of rotatable bonds is 2. The van der Waals surface area contributed by atoms with Crippen molar-refractivity contribution in [2.75, 3.05) is 5.01 Å². The molecule has 2 heterocycles. The van der Waals surface area contributed by atoms with Crippen LogP contribution >= 0.6 is 12.2 Å². The van der Waals surface area contributed by atoms with Gasteiger partial charge in [-0.25, -0.2) is 0 Å². The van der Waals surface area contributed by atoms with Crippen LogP contribution in [0.1, 0.15) is 18.1 Å². The Kier molecular flexibility index (Phi) is 3.90. The minimum atomic E-state index is -0.585. The van der Waals surface area contributed by atoms with Gasteiger partial charge >= 0.3 is 0 Å². The van der Waals surface area contributed by atoms with E-state index < -0.39 is 11.4 Å². The highest BCUT2D eigenvalue weighted by Gasteiger charge is 2.29. The molecule has 2 aromatic rings. The van der Waals surface area contributed by atoms with E-state index in [1.54, 1.807) is 19.1 Å². The van der Waals surface area contributed by atoms with Crippen molar-refractivity contribution < 1.29 is 9.90 Å². The zero-order valence-electron chi connectivity index (χ0n) is 13.0. The molecule has 24 heavy (non-hydrogen) atoms. The molecule has 7 nitrogen and oxygen atoms in total. The lowest BCUT2D eigenvalue weighted by Gasteiger charge is -2.11. The summed E-state index contributed by atoms with van der Waals surface area (Å²) in [6, 6.07) is 7.33. The van der Waals surface area contributed by atoms with Gasteiger partial charge in [0, 0.05) is 0 Å². The van der Waals surface area contributed by atoms with Gasteiger partial charge in [0.25, 0.3) is 11.5 Å². The Hall–Kier alpha value is -3.00. The van der Waals surface area contributed by atoms with E-state index in [4.69, 9.17) is 12.2 Å². The lowest BCUT2D eigenvalue weighted by Crippen LogP contribution is -2.21. The van der Waals surface area contributed by atoms with E-state index in [0.29, 0.717) is 11.4 Å². The second-order valence-electron chi connectivity index (χ2n) is 5.37. The number of aromatic amines is 2. The molecule has 0 fully saturated rings. The molecule has 0 aliphatic carbocycles. The molecular formula is C16H14N4O3S. The van der Waals surface area contributed by atoms with Crippen LogP contribution in [0.3, 0.4) is 0 Å². The van der Waals surface area contributed by atoms with Gasteiger partial charge in [0.05, 0.1) is 17.0 Å². The summed E-state index contributed by atoms with van der Waals surface area (Å²) in [6.07, 6.45) is 1.30. The third-order valence-electron chi connectivity index (χ3n) is 3.59. The molecule has 0 saturated heterocycles. The molecule has 0 unspecified atom stereocenters. The summed E-state index contributed by atoms with van der Waals surface area (Å²) in [4.78, 5) is 29.4. The SMILES string of the molecule is CC1=NN(c2ccc(C)cc2)C(=O)/C1=C\c1c(O)[nH]c(=S)[nH]c1=O. The molecule has 1 aliphatic heterocycles. The third kappa shape index (κ3) is 2.79. The van der Waals surface area contributed by atoms with Crippen LogP contribution in [-0.4, -0.2) is 26.7 Å². The molecule has 0 spiro atoms. The number of hydrogen-bond acceptors (Lipinski definition) is 5. The summed E-state index contributed by atoms with van der Waals surface area (Å²) in [7, 11) is 0. The van der Waals surface area contributed by atoms with Crippen molar-refractivity contribution in [1.29, 1.82) is 0 Å². The van der Waals surface area contributed by atoms with Crippen molar-refractivity contribution >= 4 is 35.6 Å². The number of aromatic nitrogens is 2. The van der Waals surface area contributed by atoms with Gasteiger partial charge in [-0.3, -0.25) is 14.6 Å². The van der Waals surface area contributed by atoms with Gasteiger partial charge < -0.3 is 10.1 Å². The van der Waals surface area contributed by atoms with Crippen molar-refractivity contribution in [3.8, 4) is 5.88 Å². The quantitative estimate of drug-likeness (QED) is 0.575. The van der Waals surface area contributed by atoms with E-state index in [1.807, 2.05) is 19.1 Å². The molecule has 122 valence electrons. The van der Waals surface area contributed by atoms with Crippen molar-refractivity contribution in [2.45, 2.75) is 13.8 Å². The largest absolute Gasteiger partial charge is 0.494 e. The maximum Gasteiger partial charge on any atom is 0.280 e. The normalized spacial score (nSPS) is 15.9. The number of amides is 1. The Bertz CT molecular complexity index is 999. The number of aryl methyl sites for hydroxylation is 1. The molecule has 0 atom stereocenters.